The summed E-state index contributed by atoms with van der Waals surface area (Å²) < 4.78 is 0. The normalized spacial score (nSPS) is 10.4. The predicted octanol–water partition coefficient (Wildman–Crippen LogP) is 3.70. The second-order valence-electron chi connectivity index (χ2n) is 4.76. The third-order valence-electron chi connectivity index (χ3n) is 3.11. The van der Waals surface area contributed by atoms with Crippen LogP contribution in [-0.4, -0.2) is 9.97 Å². The van der Waals surface area contributed by atoms with Crippen LogP contribution in [0.4, 0.5) is 5.69 Å². The number of nitrogens with two attached hydrogens (primary N) is 1. The standard InChI is InChI=1S/C17H15N3/c1-12-4-2-5-13(10-12)16-8-9-19-17(20-16)14-6-3-7-15(18)11-14/h2-11H,18H2,1H3. The first-order chi connectivity index (χ1) is 9.72. The molecule has 0 radical (unpaired) electrons. The van der Waals surface area contributed by atoms with E-state index in [1.54, 1.807) is 6.20 Å². The van der Waals surface area contributed by atoms with E-state index in [0.29, 0.717) is 11.5 Å². The van der Waals surface area contributed by atoms with Crippen LogP contribution < -0.4 is 5.73 Å². The molecule has 1 heterocycles. The Balaban J connectivity index is 2.06. The Morgan fingerprint density at radius 2 is 1.70 bits per heavy atom. The molecule has 3 heteroatoms. The van der Waals surface area contributed by atoms with Crippen molar-refractivity contribution < 1.29 is 0 Å². The van der Waals surface area contributed by atoms with Crippen molar-refractivity contribution in [1.29, 1.82) is 0 Å². The van der Waals surface area contributed by atoms with Crippen molar-refractivity contribution in [2.75, 3.05) is 5.73 Å². The van der Waals surface area contributed by atoms with Crippen LogP contribution in [0.25, 0.3) is 22.6 Å². The molecule has 0 aliphatic carbocycles. The second-order valence-corrected chi connectivity index (χ2v) is 4.76. The third-order valence-corrected chi connectivity index (χ3v) is 3.11. The quantitative estimate of drug-likeness (QED) is 0.715. The lowest BCUT2D eigenvalue weighted by Gasteiger charge is -2.05. The zero-order valence-electron chi connectivity index (χ0n) is 11.2. The number of hydrogen-bond donors (Lipinski definition) is 1. The topological polar surface area (TPSA) is 51.8 Å². The molecule has 0 aliphatic rings. The lowest BCUT2D eigenvalue weighted by molar-refractivity contribution is 1.18. The van der Waals surface area contributed by atoms with Gasteiger partial charge in [-0.2, -0.15) is 0 Å². The summed E-state index contributed by atoms with van der Waals surface area (Å²) in [5.74, 6) is 0.691. The molecule has 3 aromatic rings. The van der Waals surface area contributed by atoms with E-state index >= 15 is 0 Å². The van der Waals surface area contributed by atoms with Crippen molar-refractivity contribution >= 4 is 5.69 Å². The van der Waals surface area contributed by atoms with Crippen molar-refractivity contribution in [1.82, 2.24) is 9.97 Å². The highest BCUT2D eigenvalue weighted by molar-refractivity contribution is 5.65. The van der Waals surface area contributed by atoms with Gasteiger partial charge in [-0.1, -0.05) is 35.9 Å². The molecular formula is C17H15N3. The number of benzene rings is 2. The molecule has 0 saturated carbocycles. The molecule has 0 fully saturated rings. The van der Waals surface area contributed by atoms with Crippen molar-refractivity contribution in [3.05, 3.63) is 66.4 Å². The van der Waals surface area contributed by atoms with Gasteiger partial charge < -0.3 is 5.73 Å². The lowest BCUT2D eigenvalue weighted by Crippen LogP contribution is -1.93. The Morgan fingerprint density at radius 3 is 2.50 bits per heavy atom. The minimum absolute atomic E-state index is 0.691. The van der Waals surface area contributed by atoms with Crippen LogP contribution in [0, 0.1) is 6.92 Å². The maximum Gasteiger partial charge on any atom is 0.159 e. The van der Waals surface area contributed by atoms with E-state index < -0.39 is 0 Å². The first kappa shape index (κ1) is 12.4. The average Bonchev–Trinajstić information content (AvgIpc) is 2.47. The Hall–Kier alpha value is -2.68. The zero-order chi connectivity index (χ0) is 13.9. The van der Waals surface area contributed by atoms with E-state index in [-0.39, 0.29) is 0 Å². The highest BCUT2D eigenvalue weighted by Crippen LogP contribution is 2.22. The molecule has 2 aromatic carbocycles. The van der Waals surface area contributed by atoms with Gasteiger partial charge in [0.1, 0.15) is 0 Å². The van der Waals surface area contributed by atoms with E-state index in [4.69, 9.17) is 5.73 Å². The molecule has 2 N–H and O–H groups in total. The minimum atomic E-state index is 0.691. The first-order valence-corrected chi connectivity index (χ1v) is 6.48. The van der Waals surface area contributed by atoms with Crippen LogP contribution in [0.2, 0.25) is 0 Å². The van der Waals surface area contributed by atoms with Gasteiger partial charge in [-0.25, -0.2) is 9.97 Å². The van der Waals surface area contributed by atoms with Gasteiger partial charge in [0.05, 0.1) is 5.69 Å². The Kier molecular flexibility index (Phi) is 3.17. The SMILES string of the molecule is Cc1cccc(-c2ccnc(-c3cccc(N)c3)n2)c1. The number of nitrogens with zero attached hydrogens (tertiary/aromatic N) is 2. The van der Waals surface area contributed by atoms with E-state index in [9.17, 15) is 0 Å². The minimum Gasteiger partial charge on any atom is -0.399 e. The lowest BCUT2D eigenvalue weighted by atomic mass is 10.1. The van der Waals surface area contributed by atoms with Gasteiger partial charge in [0.2, 0.25) is 0 Å². The highest BCUT2D eigenvalue weighted by atomic mass is 14.9. The Bertz CT molecular complexity index is 690. The number of anilines is 1. The maximum atomic E-state index is 5.81. The molecular weight excluding hydrogens is 246 g/mol. The number of hydrogen-bond acceptors (Lipinski definition) is 3. The molecule has 3 rings (SSSR count). The summed E-state index contributed by atoms with van der Waals surface area (Å²) in [7, 11) is 0. The predicted molar refractivity (Wildman–Crippen MR) is 82.1 cm³/mol. The van der Waals surface area contributed by atoms with E-state index in [1.165, 1.54) is 5.56 Å². The van der Waals surface area contributed by atoms with Crippen LogP contribution in [0.3, 0.4) is 0 Å². The smallest absolute Gasteiger partial charge is 0.159 e. The number of aromatic nitrogens is 2. The summed E-state index contributed by atoms with van der Waals surface area (Å²) in [6, 6.07) is 17.8. The van der Waals surface area contributed by atoms with Crippen LogP contribution in [-0.2, 0) is 0 Å². The molecule has 98 valence electrons. The molecule has 0 amide bonds. The largest absolute Gasteiger partial charge is 0.399 e. The molecule has 0 unspecified atom stereocenters. The highest BCUT2D eigenvalue weighted by Gasteiger charge is 2.05. The summed E-state index contributed by atoms with van der Waals surface area (Å²) in [6.07, 6.45) is 1.78. The van der Waals surface area contributed by atoms with Crippen molar-refractivity contribution in [3.63, 3.8) is 0 Å². The summed E-state index contributed by atoms with van der Waals surface area (Å²) in [4.78, 5) is 8.96. The van der Waals surface area contributed by atoms with Gasteiger partial charge in [0.25, 0.3) is 0 Å². The molecule has 3 nitrogen and oxygen atoms in total. The molecule has 0 bridgehead atoms. The van der Waals surface area contributed by atoms with Gasteiger partial charge in [0.15, 0.2) is 5.82 Å². The maximum absolute atomic E-state index is 5.81. The fraction of sp³-hybridized carbons (Fsp3) is 0.0588. The van der Waals surface area contributed by atoms with Gasteiger partial charge in [-0.3, -0.25) is 0 Å². The van der Waals surface area contributed by atoms with E-state index in [1.807, 2.05) is 36.4 Å². The van der Waals surface area contributed by atoms with Gasteiger partial charge in [-0.15, -0.1) is 0 Å². The van der Waals surface area contributed by atoms with Crippen LogP contribution in [0.1, 0.15) is 5.56 Å². The zero-order valence-corrected chi connectivity index (χ0v) is 11.2. The number of rotatable bonds is 2. The Labute approximate surface area is 118 Å². The Morgan fingerprint density at radius 1 is 0.900 bits per heavy atom. The average molecular weight is 261 g/mol. The molecule has 0 spiro atoms. The summed E-state index contributed by atoms with van der Waals surface area (Å²) >= 11 is 0. The van der Waals surface area contributed by atoms with Crippen LogP contribution in [0.5, 0.6) is 0 Å². The number of nitrogen functional groups attached to an aromatic ring is 1. The summed E-state index contributed by atoms with van der Waals surface area (Å²) in [6.45, 7) is 2.07. The molecule has 20 heavy (non-hydrogen) atoms. The molecule has 0 atom stereocenters. The summed E-state index contributed by atoms with van der Waals surface area (Å²) in [5, 5.41) is 0. The monoisotopic (exact) mass is 261 g/mol. The van der Waals surface area contributed by atoms with Crippen molar-refractivity contribution in [3.8, 4) is 22.6 Å². The van der Waals surface area contributed by atoms with Gasteiger partial charge in [0, 0.05) is 23.0 Å². The molecule has 0 aliphatic heterocycles. The fourth-order valence-electron chi connectivity index (χ4n) is 2.14. The van der Waals surface area contributed by atoms with E-state index in [0.717, 1.165) is 16.8 Å². The second kappa shape index (κ2) is 5.13. The van der Waals surface area contributed by atoms with Crippen LogP contribution in [0.15, 0.2) is 60.8 Å². The van der Waals surface area contributed by atoms with Crippen molar-refractivity contribution in [2.45, 2.75) is 6.92 Å². The summed E-state index contributed by atoms with van der Waals surface area (Å²) in [5.41, 5.74) is 10.7. The van der Waals surface area contributed by atoms with Gasteiger partial charge >= 0.3 is 0 Å². The van der Waals surface area contributed by atoms with Gasteiger partial charge in [-0.05, 0) is 31.2 Å². The molecule has 1 aromatic heterocycles. The van der Waals surface area contributed by atoms with E-state index in [2.05, 4.69) is 35.1 Å². The van der Waals surface area contributed by atoms with Crippen LogP contribution >= 0.6 is 0 Å². The molecule has 0 saturated heterocycles. The fourth-order valence-corrected chi connectivity index (χ4v) is 2.14. The first-order valence-electron chi connectivity index (χ1n) is 6.48. The number of aryl methyl sites for hydroxylation is 1. The van der Waals surface area contributed by atoms with Crippen molar-refractivity contribution in [2.24, 2.45) is 0 Å². The third kappa shape index (κ3) is 2.52.